The van der Waals surface area contributed by atoms with Gasteiger partial charge in [-0.25, -0.2) is 13.6 Å². The molecule has 0 aromatic heterocycles. The number of anilines is 1. The van der Waals surface area contributed by atoms with E-state index in [0.29, 0.717) is 12.3 Å². The third-order valence-electron chi connectivity index (χ3n) is 2.10. The van der Waals surface area contributed by atoms with Crippen LogP contribution in [0.4, 0.5) is 19.3 Å². The van der Waals surface area contributed by atoms with Gasteiger partial charge in [0.05, 0.1) is 0 Å². The zero-order valence-corrected chi connectivity index (χ0v) is 11.1. The lowest BCUT2D eigenvalue weighted by Gasteiger charge is -2.07. The van der Waals surface area contributed by atoms with Gasteiger partial charge in [-0.3, -0.25) is 0 Å². The molecule has 0 fully saturated rings. The Morgan fingerprint density at radius 1 is 1.21 bits per heavy atom. The van der Waals surface area contributed by atoms with Crippen LogP contribution in [0.5, 0.6) is 0 Å². The topological polar surface area (TPSA) is 61.4 Å². The number of urea groups is 1. The molecule has 19 heavy (non-hydrogen) atoms. The van der Waals surface area contributed by atoms with Gasteiger partial charge < -0.3 is 15.7 Å². The van der Waals surface area contributed by atoms with Crippen LogP contribution in [0.3, 0.4) is 0 Å². The van der Waals surface area contributed by atoms with E-state index >= 15 is 0 Å². The summed E-state index contributed by atoms with van der Waals surface area (Å²) in [4.78, 5) is 11.4. The van der Waals surface area contributed by atoms with E-state index in [9.17, 15) is 13.6 Å². The highest BCUT2D eigenvalue weighted by Crippen LogP contribution is 2.12. The van der Waals surface area contributed by atoms with Crippen LogP contribution in [0, 0.1) is 11.6 Å². The quantitative estimate of drug-likeness (QED) is 0.675. The van der Waals surface area contributed by atoms with Crippen molar-refractivity contribution < 1.29 is 18.7 Å². The first kappa shape index (κ1) is 15.7. The lowest BCUT2D eigenvalue weighted by Crippen LogP contribution is -2.30. The summed E-state index contributed by atoms with van der Waals surface area (Å²) >= 11 is 1.61. The second-order valence-corrected chi connectivity index (χ2v) is 4.95. The Hall–Kier alpha value is -1.34. The van der Waals surface area contributed by atoms with Crippen molar-refractivity contribution in [2.75, 3.05) is 30.0 Å². The van der Waals surface area contributed by atoms with Gasteiger partial charge in [0.1, 0.15) is 11.6 Å². The molecule has 106 valence electrons. The molecule has 1 aromatic carbocycles. The van der Waals surface area contributed by atoms with E-state index in [2.05, 4.69) is 10.6 Å². The van der Waals surface area contributed by atoms with E-state index in [0.717, 1.165) is 30.4 Å². The van der Waals surface area contributed by atoms with Crippen molar-refractivity contribution in [1.29, 1.82) is 0 Å². The predicted molar refractivity (Wildman–Crippen MR) is 72.4 cm³/mol. The summed E-state index contributed by atoms with van der Waals surface area (Å²) < 4.78 is 25.7. The highest BCUT2D eigenvalue weighted by atomic mass is 32.2. The Kier molecular flexibility index (Phi) is 7.20. The molecule has 1 aromatic rings. The number of carbonyl (C=O) groups is 1. The molecule has 0 aliphatic carbocycles. The molecule has 0 bridgehead atoms. The molecule has 0 spiro atoms. The Morgan fingerprint density at radius 2 is 1.89 bits per heavy atom. The van der Waals surface area contributed by atoms with Crippen molar-refractivity contribution in [1.82, 2.24) is 5.32 Å². The van der Waals surface area contributed by atoms with Gasteiger partial charge in [0.2, 0.25) is 0 Å². The van der Waals surface area contributed by atoms with Gasteiger partial charge >= 0.3 is 6.03 Å². The van der Waals surface area contributed by atoms with Crippen molar-refractivity contribution >= 4 is 23.5 Å². The average molecular weight is 290 g/mol. The SMILES string of the molecule is O=C(NCCSCCCO)Nc1cc(F)cc(F)c1. The molecule has 2 amide bonds. The number of hydrogen-bond donors (Lipinski definition) is 3. The van der Waals surface area contributed by atoms with Gasteiger partial charge in [-0.05, 0) is 24.3 Å². The van der Waals surface area contributed by atoms with Gasteiger partial charge in [0.15, 0.2) is 0 Å². The third kappa shape index (κ3) is 6.97. The lowest BCUT2D eigenvalue weighted by molar-refractivity contribution is 0.252. The van der Waals surface area contributed by atoms with Crippen LogP contribution in [-0.2, 0) is 0 Å². The van der Waals surface area contributed by atoms with Gasteiger partial charge in [0, 0.05) is 30.7 Å². The van der Waals surface area contributed by atoms with Crippen LogP contribution in [-0.4, -0.2) is 35.8 Å². The first-order valence-electron chi connectivity index (χ1n) is 5.81. The Bertz CT molecular complexity index is 398. The highest BCUT2D eigenvalue weighted by Gasteiger charge is 2.04. The molecule has 0 saturated heterocycles. The van der Waals surface area contributed by atoms with Crippen LogP contribution in [0.25, 0.3) is 0 Å². The minimum atomic E-state index is -0.741. The van der Waals surface area contributed by atoms with Gasteiger partial charge in [-0.15, -0.1) is 0 Å². The average Bonchev–Trinajstić information content (AvgIpc) is 2.32. The normalized spacial score (nSPS) is 10.3. The number of aliphatic hydroxyl groups is 1. The summed E-state index contributed by atoms with van der Waals surface area (Å²) in [5.41, 5.74) is 0.0722. The molecular weight excluding hydrogens is 274 g/mol. The minimum Gasteiger partial charge on any atom is -0.396 e. The van der Waals surface area contributed by atoms with E-state index in [1.807, 2.05) is 0 Å². The maximum atomic E-state index is 12.9. The number of carbonyl (C=O) groups excluding carboxylic acids is 1. The fourth-order valence-corrected chi connectivity index (χ4v) is 2.09. The number of rotatable bonds is 7. The summed E-state index contributed by atoms with van der Waals surface area (Å²) in [6.07, 6.45) is 0.722. The number of benzene rings is 1. The molecule has 0 heterocycles. The standard InChI is InChI=1S/C12H16F2N2O2S/c13-9-6-10(14)8-11(7-9)16-12(18)15-2-5-19-4-1-3-17/h6-8,17H,1-5H2,(H2,15,16,18). The number of aliphatic hydroxyl groups excluding tert-OH is 1. The largest absolute Gasteiger partial charge is 0.396 e. The maximum Gasteiger partial charge on any atom is 0.319 e. The van der Waals surface area contributed by atoms with Crippen molar-refractivity contribution in [3.8, 4) is 0 Å². The number of halogens is 2. The van der Waals surface area contributed by atoms with Crippen molar-refractivity contribution in [2.45, 2.75) is 6.42 Å². The van der Waals surface area contributed by atoms with Crippen molar-refractivity contribution in [2.24, 2.45) is 0 Å². The van der Waals surface area contributed by atoms with E-state index in [4.69, 9.17) is 5.11 Å². The molecule has 0 aliphatic rings. The summed E-state index contributed by atoms with van der Waals surface area (Å²) in [7, 11) is 0. The van der Waals surface area contributed by atoms with Crippen LogP contribution >= 0.6 is 11.8 Å². The molecule has 4 nitrogen and oxygen atoms in total. The molecular formula is C12H16F2N2O2S. The number of hydrogen-bond acceptors (Lipinski definition) is 3. The summed E-state index contributed by atoms with van der Waals surface area (Å²) in [6, 6.07) is 2.31. The van der Waals surface area contributed by atoms with E-state index in [1.54, 1.807) is 11.8 Å². The van der Waals surface area contributed by atoms with Crippen LogP contribution in [0.2, 0.25) is 0 Å². The fourth-order valence-electron chi connectivity index (χ4n) is 1.31. The fraction of sp³-hybridized carbons (Fsp3) is 0.417. The van der Waals surface area contributed by atoms with Gasteiger partial charge in [-0.2, -0.15) is 11.8 Å². The van der Waals surface area contributed by atoms with Crippen LogP contribution < -0.4 is 10.6 Å². The molecule has 0 atom stereocenters. The maximum absolute atomic E-state index is 12.9. The molecule has 1 rings (SSSR count). The van der Waals surface area contributed by atoms with Crippen LogP contribution in [0.1, 0.15) is 6.42 Å². The first-order chi connectivity index (χ1) is 9.11. The predicted octanol–water partition coefficient (Wildman–Crippen LogP) is 2.20. The molecule has 7 heteroatoms. The van der Waals surface area contributed by atoms with Crippen LogP contribution in [0.15, 0.2) is 18.2 Å². The molecule has 0 unspecified atom stereocenters. The first-order valence-corrected chi connectivity index (χ1v) is 6.97. The molecule has 0 aliphatic heterocycles. The Labute approximate surface area is 114 Å². The third-order valence-corrected chi connectivity index (χ3v) is 3.17. The summed E-state index contributed by atoms with van der Waals surface area (Å²) in [5, 5.41) is 13.5. The smallest absolute Gasteiger partial charge is 0.319 e. The van der Waals surface area contributed by atoms with E-state index in [1.165, 1.54) is 0 Å². The minimum absolute atomic E-state index is 0.0722. The summed E-state index contributed by atoms with van der Waals surface area (Å²) in [5.74, 6) is 0.0598. The van der Waals surface area contributed by atoms with E-state index in [-0.39, 0.29) is 12.3 Å². The van der Waals surface area contributed by atoms with Crippen molar-refractivity contribution in [3.05, 3.63) is 29.8 Å². The van der Waals surface area contributed by atoms with Crippen molar-refractivity contribution in [3.63, 3.8) is 0 Å². The lowest BCUT2D eigenvalue weighted by atomic mass is 10.3. The van der Waals surface area contributed by atoms with E-state index < -0.39 is 17.7 Å². The monoisotopic (exact) mass is 290 g/mol. The highest BCUT2D eigenvalue weighted by molar-refractivity contribution is 7.99. The van der Waals surface area contributed by atoms with Gasteiger partial charge in [-0.1, -0.05) is 0 Å². The molecule has 0 radical (unpaired) electrons. The zero-order valence-electron chi connectivity index (χ0n) is 10.3. The summed E-state index contributed by atoms with van der Waals surface area (Å²) in [6.45, 7) is 0.603. The number of thioether (sulfide) groups is 1. The van der Waals surface area contributed by atoms with Gasteiger partial charge in [0.25, 0.3) is 0 Å². The molecule has 3 N–H and O–H groups in total. The molecule has 0 saturated carbocycles. The number of amides is 2. The zero-order chi connectivity index (χ0) is 14.1. The second-order valence-electron chi connectivity index (χ2n) is 3.73. The Morgan fingerprint density at radius 3 is 2.53 bits per heavy atom. The second kappa shape index (κ2) is 8.71. The number of nitrogens with one attached hydrogen (secondary N) is 2. The Balaban J connectivity index is 2.23.